The van der Waals surface area contributed by atoms with E-state index in [9.17, 15) is 13.2 Å². The number of halogens is 3. The molecule has 0 bridgehead atoms. The zero-order valence-electron chi connectivity index (χ0n) is 11.5. The molecule has 2 rings (SSSR count). The first-order valence-corrected chi connectivity index (χ1v) is 8.04. The molecule has 0 amide bonds. The molecule has 2 unspecified atom stereocenters. The summed E-state index contributed by atoms with van der Waals surface area (Å²) in [6.07, 6.45) is -3.50. The number of thioether (sulfide) groups is 1. The number of nitrogens with two attached hydrogens (primary N) is 1. The number of alkyl halides is 3. The van der Waals surface area contributed by atoms with Crippen molar-refractivity contribution in [3.63, 3.8) is 0 Å². The van der Waals surface area contributed by atoms with Crippen LogP contribution < -0.4 is 5.73 Å². The summed E-state index contributed by atoms with van der Waals surface area (Å²) in [5.74, 6) is 0. The Bertz CT molecular complexity index is 591. The van der Waals surface area contributed by atoms with Gasteiger partial charge >= 0.3 is 6.18 Å². The lowest BCUT2D eigenvalue weighted by Crippen LogP contribution is -2.22. The van der Waals surface area contributed by atoms with Gasteiger partial charge in [0.15, 0.2) is 0 Å². The fourth-order valence-corrected chi connectivity index (χ4v) is 4.18. The first-order chi connectivity index (χ1) is 9.79. The van der Waals surface area contributed by atoms with Gasteiger partial charge in [0.1, 0.15) is 0 Å². The van der Waals surface area contributed by atoms with Crippen LogP contribution in [-0.4, -0.2) is 11.0 Å². The monoisotopic (exact) mass is 332 g/mol. The number of aryl methyl sites for hydroxylation is 1. The fraction of sp³-hybridized carbons (Fsp3) is 0.357. The van der Waals surface area contributed by atoms with Gasteiger partial charge in [-0.15, -0.1) is 11.3 Å². The normalized spacial score (nSPS) is 15.0. The molecule has 0 aromatic carbocycles. The van der Waals surface area contributed by atoms with Crippen molar-refractivity contribution >= 4 is 23.1 Å². The van der Waals surface area contributed by atoms with Gasteiger partial charge < -0.3 is 5.73 Å². The first kappa shape index (κ1) is 16.3. The maximum absolute atomic E-state index is 12.5. The molecule has 2 N–H and O–H groups in total. The lowest BCUT2D eigenvalue weighted by Gasteiger charge is -2.20. The molecular formula is C14H15F3N2S2. The molecule has 0 radical (unpaired) electrons. The highest BCUT2D eigenvalue weighted by atomic mass is 32.2. The van der Waals surface area contributed by atoms with Crippen molar-refractivity contribution in [3.8, 4) is 0 Å². The molecule has 0 aliphatic rings. The van der Waals surface area contributed by atoms with Crippen LogP contribution in [0.25, 0.3) is 0 Å². The van der Waals surface area contributed by atoms with E-state index in [1.807, 2.05) is 25.3 Å². The van der Waals surface area contributed by atoms with Crippen LogP contribution >= 0.6 is 23.1 Å². The van der Waals surface area contributed by atoms with E-state index in [1.165, 1.54) is 17.8 Å². The highest BCUT2D eigenvalue weighted by Gasteiger charge is 2.31. The van der Waals surface area contributed by atoms with Gasteiger partial charge in [0.05, 0.1) is 15.8 Å². The smallest absolute Gasteiger partial charge is 0.327 e. The fourth-order valence-electron chi connectivity index (χ4n) is 1.82. The average Bonchev–Trinajstić information content (AvgIpc) is 2.81. The van der Waals surface area contributed by atoms with Gasteiger partial charge in [-0.05, 0) is 43.0 Å². The Labute approximate surface area is 129 Å². The van der Waals surface area contributed by atoms with Crippen LogP contribution in [0.4, 0.5) is 13.2 Å². The molecule has 0 spiro atoms. The SMILES string of the molecule is Cc1ccsc1C(Sc1ccc(C(F)(F)F)cn1)C(C)N. The van der Waals surface area contributed by atoms with Crippen LogP contribution in [-0.2, 0) is 6.18 Å². The van der Waals surface area contributed by atoms with Crippen LogP contribution in [0.1, 0.15) is 28.2 Å². The maximum Gasteiger partial charge on any atom is 0.417 e. The molecule has 2 nitrogen and oxygen atoms in total. The van der Waals surface area contributed by atoms with Crippen LogP contribution in [0.5, 0.6) is 0 Å². The zero-order valence-corrected chi connectivity index (χ0v) is 13.1. The van der Waals surface area contributed by atoms with Crippen molar-refractivity contribution < 1.29 is 13.2 Å². The van der Waals surface area contributed by atoms with Gasteiger partial charge in [0.25, 0.3) is 0 Å². The minimum absolute atomic E-state index is 0.0192. The first-order valence-electron chi connectivity index (χ1n) is 6.28. The quantitative estimate of drug-likeness (QED) is 0.828. The van der Waals surface area contributed by atoms with Gasteiger partial charge in [-0.25, -0.2) is 4.98 Å². The van der Waals surface area contributed by atoms with Crippen LogP contribution in [0.3, 0.4) is 0 Å². The number of aromatic nitrogens is 1. The van der Waals surface area contributed by atoms with E-state index in [0.29, 0.717) is 5.03 Å². The molecule has 0 aliphatic carbocycles. The van der Waals surface area contributed by atoms with Crippen molar-refractivity contribution in [1.82, 2.24) is 4.98 Å². The van der Waals surface area contributed by atoms with Gasteiger partial charge in [-0.1, -0.05) is 11.8 Å². The second kappa shape index (κ2) is 6.37. The molecule has 21 heavy (non-hydrogen) atoms. The van der Waals surface area contributed by atoms with Crippen LogP contribution in [0.2, 0.25) is 0 Å². The summed E-state index contributed by atoms with van der Waals surface area (Å²) < 4.78 is 37.6. The largest absolute Gasteiger partial charge is 0.417 e. The Morgan fingerprint density at radius 1 is 1.29 bits per heavy atom. The van der Waals surface area contributed by atoms with Gasteiger partial charge in [0, 0.05) is 17.1 Å². The van der Waals surface area contributed by atoms with E-state index in [-0.39, 0.29) is 11.3 Å². The third-order valence-corrected chi connectivity index (χ3v) is 5.60. The molecule has 0 aliphatic heterocycles. The Balaban J connectivity index is 2.20. The highest BCUT2D eigenvalue weighted by molar-refractivity contribution is 7.99. The molecule has 0 fully saturated rings. The highest BCUT2D eigenvalue weighted by Crippen LogP contribution is 2.40. The lowest BCUT2D eigenvalue weighted by atomic mass is 10.1. The van der Waals surface area contributed by atoms with E-state index in [0.717, 1.165) is 22.7 Å². The van der Waals surface area contributed by atoms with Gasteiger partial charge in [-0.2, -0.15) is 13.2 Å². The minimum atomic E-state index is -4.36. The average molecular weight is 332 g/mol. The number of hydrogen-bond acceptors (Lipinski definition) is 4. The summed E-state index contributed by atoms with van der Waals surface area (Å²) in [6, 6.07) is 4.33. The lowest BCUT2D eigenvalue weighted by molar-refractivity contribution is -0.137. The summed E-state index contributed by atoms with van der Waals surface area (Å²) in [7, 11) is 0. The zero-order chi connectivity index (χ0) is 15.6. The summed E-state index contributed by atoms with van der Waals surface area (Å²) >= 11 is 3.00. The van der Waals surface area contributed by atoms with Crippen molar-refractivity contribution in [3.05, 3.63) is 45.8 Å². The Kier molecular flexibility index (Phi) is 4.95. The van der Waals surface area contributed by atoms with E-state index in [4.69, 9.17) is 5.73 Å². The third kappa shape index (κ3) is 3.99. The molecule has 2 heterocycles. The van der Waals surface area contributed by atoms with Crippen molar-refractivity contribution in [2.75, 3.05) is 0 Å². The number of hydrogen-bond donors (Lipinski definition) is 1. The minimum Gasteiger partial charge on any atom is -0.327 e. The van der Waals surface area contributed by atoms with Crippen LogP contribution in [0.15, 0.2) is 34.8 Å². The van der Waals surface area contributed by atoms with Crippen molar-refractivity contribution in [2.45, 2.75) is 36.3 Å². The molecule has 2 atom stereocenters. The predicted octanol–water partition coefficient (Wildman–Crippen LogP) is 4.65. The Morgan fingerprint density at radius 2 is 2.00 bits per heavy atom. The van der Waals surface area contributed by atoms with Gasteiger partial charge in [-0.3, -0.25) is 0 Å². The Hall–Kier alpha value is -1.05. The standard InChI is InChI=1S/C14H15F3N2S2/c1-8-5-6-20-12(8)13(9(2)18)21-11-4-3-10(7-19-11)14(15,16)17/h3-7,9,13H,18H2,1-2H3. The molecule has 2 aromatic rings. The number of pyridine rings is 1. The summed E-state index contributed by atoms with van der Waals surface area (Å²) in [5.41, 5.74) is 6.42. The number of nitrogens with zero attached hydrogens (tertiary/aromatic N) is 1. The van der Waals surface area contributed by atoms with E-state index in [2.05, 4.69) is 4.98 Å². The van der Waals surface area contributed by atoms with Crippen molar-refractivity contribution in [2.24, 2.45) is 5.73 Å². The van der Waals surface area contributed by atoms with Crippen LogP contribution in [0, 0.1) is 6.92 Å². The predicted molar refractivity (Wildman–Crippen MR) is 80.5 cm³/mol. The Morgan fingerprint density at radius 3 is 2.43 bits per heavy atom. The maximum atomic E-state index is 12.5. The van der Waals surface area contributed by atoms with Crippen molar-refractivity contribution in [1.29, 1.82) is 0 Å². The number of rotatable bonds is 4. The summed E-state index contributed by atoms with van der Waals surface area (Å²) in [4.78, 5) is 5.03. The number of thiophene rings is 1. The second-order valence-corrected chi connectivity index (χ2v) is 6.86. The summed E-state index contributed by atoms with van der Waals surface area (Å²) in [6.45, 7) is 3.89. The molecule has 0 saturated carbocycles. The van der Waals surface area contributed by atoms with Gasteiger partial charge in [0.2, 0.25) is 0 Å². The van der Waals surface area contributed by atoms with E-state index in [1.54, 1.807) is 11.3 Å². The molecule has 2 aromatic heterocycles. The molecule has 0 saturated heterocycles. The van der Waals surface area contributed by atoms with E-state index >= 15 is 0 Å². The topological polar surface area (TPSA) is 38.9 Å². The van der Waals surface area contributed by atoms with E-state index < -0.39 is 11.7 Å². The molecule has 114 valence electrons. The third-order valence-electron chi connectivity index (χ3n) is 2.95. The second-order valence-electron chi connectivity index (χ2n) is 4.75. The summed E-state index contributed by atoms with van der Waals surface area (Å²) in [5, 5.41) is 2.51. The molecule has 7 heteroatoms. The molecular weight excluding hydrogens is 317 g/mol.